The molecule has 0 aliphatic carbocycles. The fourth-order valence-electron chi connectivity index (χ4n) is 3.84. The molecule has 0 radical (unpaired) electrons. The second kappa shape index (κ2) is 21.5. The van der Waals surface area contributed by atoms with Crippen LogP contribution in [0.3, 0.4) is 0 Å². The normalized spacial score (nSPS) is 11.3. The fourth-order valence-corrected chi connectivity index (χ4v) is 3.84. The van der Waals surface area contributed by atoms with Crippen LogP contribution in [-0.4, -0.2) is 62.1 Å². The lowest BCUT2D eigenvalue weighted by atomic mass is 10.2. The Morgan fingerprint density at radius 3 is 1.35 bits per heavy atom. The Labute approximate surface area is 270 Å². The molecule has 0 aliphatic rings. The Hall–Kier alpha value is -5.14. The molecule has 0 saturated carbocycles. The van der Waals surface area contributed by atoms with Crippen molar-refractivity contribution in [2.24, 2.45) is 21.5 Å². The van der Waals surface area contributed by atoms with Crippen LogP contribution in [0, 0.1) is 10.8 Å². The Kier molecular flexibility index (Phi) is 17.4. The van der Waals surface area contributed by atoms with Crippen molar-refractivity contribution in [3.8, 4) is 0 Å². The number of carbonyl (C=O) groups is 2. The number of carbonyl (C=O) groups excluding carboxylic acids is 2. The number of unbranched alkanes of at least 4 members (excludes halogenated alkanes) is 5. The number of nitrogens with one attached hydrogen (secondary N) is 6. The minimum absolute atomic E-state index is 0.0404. The predicted molar refractivity (Wildman–Crippen MR) is 182 cm³/mol. The number of rotatable bonds is 17. The number of aliphatic imine (C=N–C) groups is 2. The third kappa shape index (κ3) is 15.5. The van der Waals surface area contributed by atoms with E-state index in [2.05, 4.69) is 31.3 Å². The van der Waals surface area contributed by atoms with Gasteiger partial charge in [-0.3, -0.25) is 21.5 Å². The standard InChI is InChI=1S/C32H48N10O4/c1-3-5-21-45-27(43)23-11-15-25(16-12-23)39-31(35)41-29(33)37-19-9-7-8-10-20-38-30(34)42-32(36)40-26-17-13-24(14-18-26)28(44)46-22-6-4-2/h11-18H,3-10,19-22H2,1-2H3,(H5,33,35,37,39,41)(H5,34,36,38,40,42). The molecule has 0 bridgehead atoms. The average molecular weight is 637 g/mol. The van der Waals surface area contributed by atoms with Gasteiger partial charge in [-0.25, -0.2) is 19.6 Å². The summed E-state index contributed by atoms with van der Waals surface area (Å²) in [6, 6.07) is 13.1. The molecule has 0 amide bonds. The molecule has 2 aromatic rings. The summed E-state index contributed by atoms with van der Waals surface area (Å²) in [6.07, 6.45) is 7.13. The van der Waals surface area contributed by atoms with E-state index in [0.29, 0.717) is 48.8 Å². The fraction of sp³-hybridized carbons (Fsp3) is 0.438. The number of ether oxygens (including phenoxy) is 2. The maximum Gasteiger partial charge on any atom is 0.338 e. The first-order valence-corrected chi connectivity index (χ1v) is 15.6. The van der Waals surface area contributed by atoms with E-state index in [1.54, 1.807) is 48.5 Å². The van der Waals surface area contributed by atoms with Gasteiger partial charge in [-0.2, -0.15) is 0 Å². The Bertz CT molecular complexity index is 1210. The number of esters is 2. The first-order valence-electron chi connectivity index (χ1n) is 15.6. The molecule has 10 N–H and O–H groups in total. The first-order chi connectivity index (χ1) is 22.2. The zero-order valence-electron chi connectivity index (χ0n) is 26.8. The van der Waals surface area contributed by atoms with Gasteiger partial charge < -0.3 is 31.6 Å². The van der Waals surface area contributed by atoms with Crippen molar-refractivity contribution in [2.75, 3.05) is 26.3 Å². The van der Waals surface area contributed by atoms with Crippen molar-refractivity contribution in [3.05, 3.63) is 59.7 Å². The van der Waals surface area contributed by atoms with Crippen LogP contribution in [0.25, 0.3) is 0 Å². The van der Waals surface area contributed by atoms with Gasteiger partial charge in [0.15, 0.2) is 11.9 Å². The smallest absolute Gasteiger partial charge is 0.338 e. The summed E-state index contributed by atoms with van der Waals surface area (Å²) < 4.78 is 10.4. The van der Waals surface area contributed by atoms with Crippen LogP contribution in [0.4, 0.5) is 11.4 Å². The molecule has 14 nitrogen and oxygen atoms in total. The van der Waals surface area contributed by atoms with Gasteiger partial charge in [0, 0.05) is 13.1 Å². The molecule has 0 fully saturated rings. The number of hydrogen-bond donors (Lipinski definition) is 8. The quantitative estimate of drug-likeness (QED) is 0.0539. The number of benzene rings is 2. The largest absolute Gasteiger partial charge is 0.462 e. The molecule has 46 heavy (non-hydrogen) atoms. The highest BCUT2D eigenvalue weighted by atomic mass is 16.5. The van der Waals surface area contributed by atoms with Gasteiger partial charge in [0.25, 0.3) is 0 Å². The molecule has 250 valence electrons. The van der Waals surface area contributed by atoms with E-state index in [9.17, 15) is 9.59 Å². The highest BCUT2D eigenvalue weighted by Crippen LogP contribution is 2.15. The van der Waals surface area contributed by atoms with E-state index in [-0.39, 0.29) is 35.8 Å². The molecule has 0 heterocycles. The maximum absolute atomic E-state index is 12.0. The van der Waals surface area contributed by atoms with Gasteiger partial charge in [-0.1, -0.05) is 39.5 Å². The SMILES string of the molecule is CCCCOC(=O)c1ccc(N=C(N)NC(=N)NCCCCCCNC(=N)NC(N)=Nc2ccc(C(=O)OCCCC)cc2)cc1. The highest BCUT2D eigenvalue weighted by molar-refractivity contribution is 5.98. The van der Waals surface area contributed by atoms with E-state index < -0.39 is 0 Å². The summed E-state index contributed by atoms with van der Waals surface area (Å²) in [5, 5.41) is 27.3. The molecule has 0 unspecified atom stereocenters. The van der Waals surface area contributed by atoms with Gasteiger partial charge in [0.1, 0.15) is 0 Å². The van der Waals surface area contributed by atoms with Crippen LogP contribution in [-0.2, 0) is 9.47 Å². The van der Waals surface area contributed by atoms with Crippen LogP contribution in [0.15, 0.2) is 58.5 Å². The van der Waals surface area contributed by atoms with Crippen LogP contribution in [0.2, 0.25) is 0 Å². The summed E-state index contributed by atoms with van der Waals surface area (Å²) >= 11 is 0. The summed E-state index contributed by atoms with van der Waals surface area (Å²) in [4.78, 5) is 32.4. The van der Waals surface area contributed by atoms with E-state index in [4.69, 9.17) is 31.8 Å². The third-order valence-corrected chi connectivity index (χ3v) is 6.38. The van der Waals surface area contributed by atoms with Crippen LogP contribution < -0.4 is 32.7 Å². The second-order valence-electron chi connectivity index (χ2n) is 10.3. The van der Waals surface area contributed by atoms with E-state index in [1.165, 1.54) is 0 Å². The topological polar surface area (TPSA) is 225 Å². The molecular formula is C32H48N10O4. The number of nitrogens with two attached hydrogens (primary N) is 2. The van der Waals surface area contributed by atoms with Crippen molar-refractivity contribution in [1.82, 2.24) is 21.3 Å². The molecule has 2 rings (SSSR count). The molecule has 0 aliphatic heterocycles. The van der Waals surface area contributed by atoms with Gasteiger partial charge in [0.05, 0.1) is 35.7 Å². The molecule has 0 spiro atoms. The minimum Gasteiger partial charge on any atom is -0.462 e. The van der Waals surface area contributed by atoms with Crippen molar-refractivity contribution in [3.63, 3.8) is 0 Å². The van der Waals surface area contributed by atoms with Crippen LogP contribution in [0.5, 0.6) is 0 Å². The van der Waals surface area contributed by atoms with E-state index in [0.717, 1.165) is 51.4 Å². The summed E-state index contributed by atoms with van der Waals surface area (Å²) in [5.41, 5.74) is 13.8. The third-order valence-electron chi connectivity index (χ3n) is 6.38. The first kappa shape index (κ1) is 37.0. The summed E-state index contributed by atoms with van der Waals surface area (Å²) in [7, 11) is 0. The lowest BCUT2D eigenvalue weighted by Gasteiger charge is -2.11. The minimum atomic E-state index is -0.372. The van der Waals surface area contributed by atoms with Crippen molar-refractivity contribution in [2.45, 2.75) is 65.2 Å². The molecule has 0 atom stereocenters. The number of guanidine groups is 4. The van der Waals surface area contributed by atoms with Crippen molar-refractivity contribution in [1.29, 1.82) is 10.8 Å². The average Bonchev–Trinajstić information content (AvgIpc) is 3.03. The van der Waals surface area contributed by atoms with Gasteiger partial charge in [-0.15, -0.1) is 0 Å². The summed E-state index contributed by atoms with van der Waals surface area (Å²) in [6.45, 7) is 6.03. The number of hydrogen-bond acceptors (Lipinski definition) is 8. The van der Waals surface area contributed by atoms with E-state index in [1.807, 2.05) is 13.8 Å². The lowest BCUT2D eigenvalue weighted by Crippen LogP contribution is -2.44. The molecule has 14 heteroatoms. The predicted octanol–water partition coefficient (Wildman–Crippen LogP) is 3.98. The maximum atomic E-state index is 12.0. The zero-order chi connectivity index (χ0) is 33.6. The van der Waals surface area contributed by atoms with Gasteiger partial charge in [-0.05, 0) is 74.2 Å². The van der Waals surface area contributed by atoms with Crippen molar-refractivity contribution < 1.29 is 19.1 Å². The van der Waals surface area contributed by atoms with Crippen LogP contribution in [0.1, 0.15) is 85.9 Å². The highest BCUT2D eigenvalue weighted by Gasteiger charge is 2.08. The zero-order valence-corrected chi connectivity index (χ0v) is 26.8. The second-order valence-corrected chi connectivity index (χ2v) is 10.3. The molecule has 0 saturated heterocycles. The Morgan fingerprint density at radius 2 is 1.00 bits per heavy atom. The Balaban J connectivity index is 1.56. The Morgan fingerprint density at radius 1 is 0.630 bits per heavy atom. The molecule has 0 aromatic heterocycles. The monoisotopic (exact) mass is 636 g/mol. The van der Waals surface area contributed by atoms with Gasteiger partial charge in [0.2, 0.25) is 11.9 Å². The van der Waals surface area contributed by atoms with Crippen molar-refractivity contribution >= 4 is 47.2 Å². The lowest BCUT2D eigenvalue weighted by molar-refractivity contribution is 0.0490. The molecule has 2 aromatic carbocycles. The number of nitrogens with zero attached hydrogens (tertiary/aromatic N) is 2. The van der Waals surface area contributed by atoms with Gasteiger partial charge >= 0.3 is 11.9 Å². The van der Waals surface area contributed by atoms with E-state index >= 15 is 0 Å². The van der Waals surface area contributed by atoms with Crippen LogP contribution >= 0.6 is 0 Å². The molecular weight excluding hydrogens is 588 g/mol. The summed E-state index contributed by atoms with van der Waals surface area (Å²) in [5.74, 6) is -0.549.